The number of para-hydroxylation sites is 3. The third kappa shape index (κ3) is 36.3. The van der Waals surface area contributed by atoms with Gasteiger partial charge in [0.25, 0.3) is 0 Å². The molecule has 16 aromatic rings. The standard InChI is InChI=1S/C18H16O3P.C11H13BN6.4C11H8N.C7H11N.C6H6BN4.CNS.CN.4Ir/c1-4-10-16(11-5-1)19-22(20-17-12-6-2-7-13-17)21-18-14-8-3-9-15-18;1-10-9-11(2)18(15-10)12(16-7-3-5-13-16)17-8-4-6-14-17;4*1-2-6-10(7-3-1)11-8-4-5-9-12-11;1-8-7-5-3-2-4-6-7;1-3-8-10(5-1)7-11-6-2-4-9-11;2-1-3;1-2;;;;/h1-15,22H;3-9H,1-2H3;4*1-6,8-9H;7H,2-6H2;1-6H;;;;;;/q+1;;4*-1;;;2*-1;;;;+3. The molecule has 0 unspecified atom stereocenters. The number of aryl methyl sites for hydroxylation is 2. The minimum absolute atomic E-state index is 0. The van der Waals surface area contributed by atoms with Gasteiger partial charge >= 0.3 is 43.4 Å². The minimum atomic E-state index is -2.00. The van der Waals surface area contributed by atoms with Crippen LogP contribution < -0.4 is 13.6 Å². The largest absolute Gasteiger partial charge is 3.00 e. The van der Waals surface area contributed by atoms with Gasteiger partial charge in [0.15, 0.2) is 17.2 Å². The Morgan fingerprint density at radius 3 is 1.00 bits per heavy atom. The van der Waals surface area contributed by atoms with Crippen LogP contribution in [0.4, 0.5) is 0 Å². The van der Waals surface area contributed by atoms with Crippen LogP contribution in [0.25, 0.3) is 55.3 Å². The first-order valence-electron chi connectivity index (χ1n) is 35.3. The maximum absolute atomic E-state index is 7.13. The molecule has 0 spiro atoms. The van der Waals surface area contributed by atoms with Gasteiger partial charge < -0.3 is 42.0 Å². The first-order valence-corrected chi connectivity index (χ1v) is 37.0. The molecule has 0 atom stereocenters. The van der Waals surface area contributed by atoms with E-state index in [0.29, 0.717) is 6.04 Å². The van der Waals surface area contributed by atoms with Crippen molar-refractivity contribution in [1.82, 2.24) is 68.4 Å². The molecule has 28 heteroatoms. The van der Waals surface area contributed by atoms with Gasteiger partial charge in [0.2, 0.25) is 6.04 Å². The van der Waals surface area contributed by atoms with Crippen molar-refractivity contribution in [2.75, 3.05) is 0 Å². The van der Waals surface area contributed by atoms with Crippen LogP contribution in [-0.2, 0) is 80.4 Å². The number of benzene rings is 7. The number of rotatable bonds is 15. The normalized spacial score (nSPS) is 10.2. The van der Waals surface area contributed by atoms with E-state index in [1.807, 2.05) is 344 Å². The van der Waals surface area contributed by atoms with Crippen molar-refractivity contribution >= 4 is 40.6 Å². The zero-order chi connectivity index (χ0) is 78.5. The van der Waals surface area contributed by atoms with Gasteiger partial charge in [0.1, 0.15) is 0 Å². The summed E-state index contributed by atoms with van der Waals surface area (Å²) in [6.07, 6.45) is 27.8. The van der Waals surface area contributed by atoms with Crippen LogP contribution in [0.15, 0.2) is 366 Å². The number of hydrogen-bond donors (Lipinski definition) is 0. The summed E-state index contributed by atoms with van der Waals surface area (Å²) >= 11 is 3.70. The van der Waals surface area contributed by atoms with E-state index in [0.717, 1.165) is 86.5 Å². The summed E-state index contributed by atoms with van der Waals surface area (Å²) in [5.74, 6) is 2.18. The summed E-state index contributed by atoms with van der Waals surface area (Å²) in [5.41, 5.74) is 10.1. The van der Waals surface area contributed by atoms with E-state index in [4.69, 9.17) is 37.4 Å². The summed E-state index contributed by atoms with van der Waals surface area (Å²) in [6.45, 7) is 15.5. The molecule has 1 saturated carbocycles. The predicted octanol–water partition coefficient (Wildman–Crippen LogP) is 19.2. The summed E-state index contributed by atoms with van der Waals surface area (Å²) in [7, 11) is -0.429. The Kier molecular flexibility index (Phi) is 49.5. The van der Waals surface area contributed by atoms with Gasteiger partial charge in [-0.2, -0.15) is 30.7 Å². The maximum Gasteiger partial charge on any atom is 3.00 e. The van der Waals surface area contributed by atoms with Gasteiger partial charge in [0.05, 0.1) is 5.69 Å². The number of isothiocyanates is 1. The van der Waals surface area contributed by atoms with Crippen molar-refractivity contribution in [2.24, 2.45) is 0 Å². The van der Waals surface area contributed by atoms with Crippen LogP contribution in [0, 0.1) is 56.5 Å². The van der Waals surface area contributed by atoms with Gasteiger partial charge in [-0.15, -0.1) is 144 Å². The van der Waals surface area contributed by atoms with Crippen LogP contribution >= 0.6 is 20.8 Å². The fourth-order valence-corrected chi connectivity index (χ4v) is 11.3. The Labute approximate surface area is 740 Å². The minimum Gasteiger partial charge on any atom is -0.753 e. The molecule has 0 amide bonds. The van der Waals surface area contributed by atoms with Crippen molar-refractivity contribution in [2.45, 2.75) is 52.0 Å². The average molecular weight is 2280 g/mol. The maximum atomic E-state index is 7.13. The topological polar surface area (TPSA) is 219 Å². The molecule has 7 aromatic carbocycles. The van der Waals surface area contributed by atoms with E-state index in [-0.39, 0.29) is 87.5 Å². The Hall–Kier alpha value is -11.5. The second-order valence-electron chi connectivity index (χ2n) is 23.3. The van der Waals surface area contributed by atoms with E-state index in [2.05, 4.69) is 86.8 Å². The SMILES string of the molecule is Cc1cc(C)n(B(n2cccn2)n2cccn2)n1.[B](n1cccn1)n1cccn1.[C-]#N.[C-]#[N+]C1CCCCC1.[Ir+3].[Ir].[Ir].[Ir].[N-]=C=S.[c-]1ccccc1-c1ccccn1.[c-]1ccccc1-c1ccccn1.[c-]1ccccc1-c1ccccn1.[c-]1ccccc1-c1ccccn1.c1ccc(O[PH+](Oc2ccccc2)Oc2ccccc2)cc1. The molecule has 588 valence electrons. The Morgan fingerprint density at radius 2 is 0.759 bits per heavy atom. The van der Waals surface area contributed by atoms with Gasteiger partial charge in [-0.3, -0.25) is 36.5 Å². The molecule has 4 radical (unpaired) electrons. The third-order valence-electron chi connectivity index (χ3n) is 15.3. The van der Waals surface area contributed by atoms with Gasteiger partial charge in [-0.1, -0.05) is 122 Å². The monoisotopic (exact) mass is 2280 g/mol. The van der Waals surface area contributed by atoms with E-state index in [1.54, 1.807) is 66.3 Å². The Morgan fingerprint density at radius 1 is 0.448 bits per heavy atom. The predicted molar refractivity (Wildman–Crippen MR) is 447 cm³/mol. The molecule has 1 fully saturated rings. The molecule has 0 bridgehead atoms. The number of pyridine rings is 4. The van der Waals surface area contributed by atoms with Gasteiger partial charge in [-0.05, 0) is 140 Å². The molecule has 20 nitrogen and oxygen atoms in total. The average Bonchev–Trinajstić information content (AvgIpc) is 1.65. The summed E-state index contributed by atoms with van der Waals surface area (Å²) in [5, 5.41) is 35.8. The molecule has 0 N–H and O–H groups in total. The quantitative estimate of drug-likeness (QED) is 0.0307. The molecule has 1 aliphatic rings. The van der Waals surface area contributed by atoms with E-state index in [1.165, 1.54) is 24.4 Å². The number of aromatic nitrogens is 14. The van der Waals surface area contributed by atoms with Crippen molar-refractivity contribution in [3.05, 3.63) is 425 Å². The molecule has 0 aliphatic heterocycles. The van der Waals surface area contributed by atoms with Crippen molar-refractivity contribution < 1.29 is 94.0 Å². The third-order valence-corrected chi connectivity index (χ3v) is 16.5. The van der Waals surface area contributed by atoms with Crippen molar-refractivity contribution in [3.63, 3.8) is 0 Å². The molecular weight excluding hydrogens is 2200 g/mol. The zero-order valence-electron chi connectivity index (χ0n) is 63.0. The van der Waals surface area contributed by atoms with E-state index in [9.17, 15) is 0 Å². The first-order chi connectivity index (χ1) is 55.3. The zero-order valence-corrected chi connectivity index (χ0v) is 74.4. The molecule has 9 aromatic heterocycles. The van der Waals surface area contributed by atoms with Crippen LogP contribution in [0.2, 0.25) is 0 Å². The van der Waals surface area contributed by atoms with E-state index >= 15 is 0 Å². The molecule has 1 aliphatic carbocycles. The van der Waals surface area contributed by atoms with Crippen LogP contribution in [0.5, 0.6) is 17.2 Å². The van der Waals surface area contributed by atoms with E-state index < -0.39 is 8.60 Å². The Balaban J connectivity index is 0.000000279. The fraction of sp³-hybridized carbons (Fsp3) is 0.0909. The van der Waals surface area contributed by atoms with Crippen LogP contribution in [0.1, 0.15) is 43.5 Å². The summed E-state index contributed by atoms with van der Waals surface area (Å²) < 4.78 is 26.6. The summed E-state index contributed by atoms with van der Waals surface area (Å²) in [6, 6.07) is 106. The molecule has 17 rings (SSSR count). The smallest absolute Gasteiger partial charge is 0.753 e. The second-order valence-corrected chi connectivity index (χ2v) is 24.5. The molecule has 116 heavy (non-hydrogen) atoms. The Bertz CT molecular complexity index is 4500. The van der Waals surface area contributed by atoms with Gasteiger partial charge in [0, 0.05) is 153 Å². The molecule has 0 saturated heterocycles. The van der Waals surface area contributed by atoms with Crippen LogP contribution in [-0.4, -0.2) is 94.3 Å². The number of nitrogens with zero attached hydrogens (tertiary/aromatic N) is 17. The second kappa shape index (κ2) is 59.2. The first kappa shape index (κ1) is 96.9. The van der Waals surface area contributed by atoms with Crippen LogP contribution in [0.3, 0.4) is 0 Å². The fourth-order valence-electron chi connectivity index (χ4n) is 10.2. The van der Waals surface area contributed by atoms with Gasteiger partial charge in [-0.25, -0.2) is 6.57 Å². The summed E-state index contributed by atoms with van der Waals surface area (Å²) in [4.78, 5) is 20.4. The molecule has 9 heterocycles. The molecular formula is C88H78B2Ir4N17O3PS-2. The van der Waals surface area contributed by atoms with Crippen molar-refractivity contribution in [1.29, 1.82) is 5.26 Å². The van der Waals surface area contributed by atoms with Crippen molar-refractivity contribution in [3.8, 4) is 62.3 Å². The number of hydrogen-bond acceptors (Lipinski definition) is 14. The number of thiocarbonyl (C=S) groups is 1.